The van der Waals surface area contributed by atoms with Gasteiger partial charge < -0.3 is 15.7 Å². The van der Waals surface area contributed by atoms with E-state index in [1.54, 1.807) is 11.8 Å². The van der Waals surface area contributed by atoms with Crippen LogP contribution in [0.1, 0.15) is 38.5 Å². The van der Waals surface area contributed by atoms with Crippen molar-refractivity contribution in [2.45, 2.75) is 44.6 Å². The molecule has 0 saturated heterocycles. The summed E-state index contributed by atoms with van der Waals surface area (Å²) in [5, 5.41) is 14.3. The molecular weight excluding hydrogens is 264 g/mol. The van der Waals surface area contributed by atoms with Crippen molar-refractivity contribution in [3.8, 4) is 0 Å². The van der Waals surface area contributed by atoms with E-state index in [-0.39, 0.29) is 6.03 Å². The Morgan fingerprint density at radius 1 is 1.32 bits per heavy atom. The summed E-state index contributed by atoms with van der Waals surface area (Å²) in [6.07, 6.45) is 8.46. The highest BCUT2D eigenvalue weighted by Gasteiger charge is 2.20. The minimum atomic E-state index is -0.970. The van der Waals surface area contributed by atoms with Crippen LogP contribution in [0.2, 0.25) is 0 Å². The number of nitrogens with one attached hydrogen (secondary N) is 2. The van der Waals surface area contributed by atoms with Gasteiger partial charge in [0.2, 0.25) is 0 Å². The molecule has 1 rings (SSSR count). The molecular formula is C13H24N2O3S. The maximum atomic E-state index is 11.7. The zero-order valence-corrected chi connectivity index (χ0v) is 12.3. The molecule has 1 fully saturated rings. The molecule has 0 spiro atoms. The van der Waals surface area contributed by atoms with Crippen molar-refractivity contribution < 1.29 is 14.7 Å². The number of carbonyl (C=O) groups is 2. The summed E-state index contributed by atoms with van der Waals surface area (Å²) in [4.78, 5) is 22.7. The fourth-order valence-electron chi connectivity index (χ4n) is 2.33. The summed E-state index contributed by atoms with van der Waals surface area (Å²) in [6.45, 7) is 0.653. The summed E-state index contributed by atoms with van der Waals surface area (Å²) < 4.78 is 0. The number of urea groups is 1. The van der Waals surface area contributed by atoms with Gasteiger partial charge in [0.1, 0.15) is 6.04 Å². The van der Waals surface area contributed by atoms with E-state index in [9.17, 15) is 9.59 Å². The molecule has 1 aliphatic rings. The van der Waals surface area contributed by atoms with Crippen molar-refractivity contribution in [3.05, 3.63) is 0 Å². The largest absolute Gasteiger partial charge is 0.480 e. The molecule has 1 aliphatic carbocycles. The molecule has 0 aliphatic heterocycles. The molecule has 1 unspecified atom stereocenters. The van der Waals surface area contributed by atoms with Gasteiger partial charge in [-0.1, -0.05) is 19.3 Å². The Kier molecular flexibility index (Phi) is 7.70. The topological polar surface area (TPSA) is 78.4 Å². The van der Waals surface area contributed by atoms with Gasteiger partial charge in [-0.3, -0.25) is 0 Å². The third-order valence-electron chi connectivity index (χ3n) is 3.49. The number of carboxylic acids is 1. The Balaban J connectivity index is 2.25. The standard InChI is InChI=1S/C13H24N2O3S/c1-19-8-7-11(12(16)17)15-13(18)14-9-10-5-3-2-4-6-10/h10-11H,2-9H2,1H3,(H,16,17)(H2,14,15,18). The van der Waals surface area contributed by atoms with Gasteiger partial charge in [-0.25, -0.2) is 9.59 Å². The van der Waals surface area contributed by atoms with E-state index in [0.717, 1.165) is 18.6 Å². The normalized spacial score (nSPS) is 17.7. The molecule has 0 aromatic rings. The highest BCUT2D eigenvalue weighted by atomic mass is 32.2. The predicted molar refractivity (Wildman–Crippen MR) is 77.5 cm³/mol. The zero-order chi connectivity index (χ0) is 14.1. The maximum absolute atomic E-state index is 11.7. The fourth-order valence-corrected chi connectivity index (χ4v) is 2.80. The molecule has 6 heteroatoms. The van der Waals surface area contributed by atoms with Gasteiger partial charge in [0.05, 0.1) is 0 Å². The van der Waals surface area contributed by atoms with Crippen LogP contribution >= 0.6 is 11.8 Å². The highest BCUT2D eigenvalue weighted by Crippen LogP contribution is 2.22. The summed E-state index contributed by atoms with van der Waals surface area (Å²) in [6, 6.07) is -1.15. The second-order valence-electron chi connectivity index (χ2n) is 5.03. The molecule has 110 valence electrons. The van der Waals surface area contributed by atoms with Crippen molar-refractivity contribution in [2.24, 2.45) is 5.92 Å². The lowest BCUT2D eigenvalue weighted by molar-refractivity contribution is -0.139. The molecule has 1 atom stereocenters. The van der Waals surface area contributed by atoms with E-state index in [0.29, 0.717) is 18.9 Å². The van der Waals surface area contributed by atoms with Crippen LogP contribution in [0.25, 0.3) is 0 Å². The SMILES string of the molecule is CSCCC(NC(=O)NCC1CCCCC1)C(=O)O. The van der Waals surface area contributed by atoms with E-state index >= 15 is 0 Å². The summed E-state index contributed by atoms with van der Waals surface area (Å²) in [5.74, 6) is 0.302. The van der Waals surface area contributed by atoms with Gasteiger partial charge in [-0.2, -0.15) is 11.8 Å². The van der Waals surface area contributed by atoms with Crippen molar-refractivity contribution >= 4 is 23.8 Å². The fraction of sp³-hybridized carbons (Fsp3) is 0.846. The van der Waals surface area contributed by atoms with Crippen molar-refractivity contribution in [1.29, 1.82) is 0 Å². The van der Waals surface area contributed by atoms with E-state index in [1.165, 1.54) is 19.3 Å². The van der Waals surface area contributed by atoms with Crippen molar-refractivity contribution in [2.75, 3.05) is 18.6 Å². The molecule has 19 heavy (non-hydrogen) atoms. The quantitative estimate of drug-likeness (QED) is 0.670. The van der Waals surface area contributed by atoms with E-state index in [2.05, 4.69) is 10.6 Å². The van der Waals surface area contributed by atoms with Gasteiger partial charge in [-0.05, 0) is 37.2 Å². The van der Waals surface area contributed by atoms with Crippen LogP contribution in [-0.4, -0.2) is 41.7 Å². The average molecular weight is 288 g/mol. The number of thioether (sulfide) groups is 1. The lowest BCUT2D eigenvalue weighted by Crippen LogP contribution is -2.47. The minimum absolute atomic E-state index is 0.362. The molecule has 0 heterocycles. The van der Waals surface area contributed by atoms with E-state index in [4.69, 9.17) is 5.11 Å². The number of rotatable bonds is 7. The maximum Gasteiger partial charge on any atom is 0.326 e. The number of hydrogen-bond donors (Lipinski definition) is 3. The third-order valence-corrected chi connectivity index (χ3v) is 4.13. The molecule has 0 radical (unpaired) electrons. The summed E-state index contributed by atoms with van der Waals surface area (Å²) in [5.41, 5.74) is 0. The number of carboxylic acid groups (broad SMARTS) is 1. The second-order valence-corrected chi connectivity index (χ2v) is 6.02. The first-order valence-electron chi connectivity index (χ1n) is 6.89. The number of aliphatic carboxylic acids is 1. The van der Waals surface area contributed by atoms with E-state index < -0.39 is 12.0 Å². The average Bonchev–Trinajstić information content (AvgIpc) is 2.42. The van der Waals surface area contributed by atoms with Gasteiger partial charge in [0.25, 0.3) is 0 Å². The zero-order valence-electron chi connectivity index (χ0n) is 11.5. The van der Waals surface area contributed by atoms with Crippen molar-refractivity contribution in [3.63, 3.8) is 0 Å². The third kappa shape index (κ3) is 6.71. The molecule has 2 amide bonds. The highest BCUT2D eigenvalue weighted by molar-refractivity contribution is 7.98. The molecule has 0 bridgehead atoms. The monoisotopic (exact) mass is 288 g/mol. The summed E-state index contributed by atoms with van der Waals surface area (Å²) >= 11 is 1.58. The molecule has 5 nitrogen and oxygen atoms in total. The lowest BCUT2D eigenvalue weighted by Gasteiger charge is -2.22. The van der Waals surface area contributed by atoms with Gasteiger partial charge in [0.15, 0.2) is 0 Å². The Bertz CT molecular complexity index is 294. The van der Waals surface area contributed by atoms with Crippen LogP contribution in [0.5, 0.6) is 0 Å². The van der Waals surface area contributed by atoms with Crippen LogP contribution in [0.4, 0.5) is 4.79 Å². The molecule has 1 saturated carbocycles. The molecule has 0 aromatic carbocycles. The second kappa shape index (κ2) is 9.07. The smallest absolute Gasteiger partial charge is 0.326 e. The first-order valence-corrected chi connectivity index (χ1v) is 8.29. The van der Waals surface area contributed by atoms with Crippen LogP contribution in [-0.2, 0) is 4.79 Å². The first-order chi connectivity index (χ1) is 9.13. The lowest BCUT2D eigenvalue weighted by atomic mass is 9.89. The number of amides is 2. The minimum Gasteiger partial charge on any atom is -0.480 e. The Labute approximate surface area is 118 Å². The van der Waals surface area contributed by atoms with Gasteiger partial charge in [0, 0.05) is 6.54 Å². The molecule has 0 aromatic heterocycles. The van der Waals surface area contributed by atoms with Crippen LogP contribution in [0.15, 0.2) is 0 Å². The van der Waals surface area contributed by atoms with Gasteiger partial charge >= 0.3 is 12.0 Å². The Morgan fingerprint density at radius 3 is 2.58 bits per heavy atom. The summed E-state index contributed by atoms with van der Waals surface area (Å²) in [7, 11) is 0. The van der Waals surface area contributed by atoms with Crippen LogP contribution < -0.4 is 10.6 Å². The number of hydrogen-bond acceptors (Lipinski definition) is 3. The van der Waals surface area contributed by atoms with Crippen LogP contribution in [0, 0.1) is 5.92 Å². The number of carbonyl (C=O) groups excluding carboxylic acids is 1. The Hall–Kier alpha value is -0.910. The first kappa shape index (κ1) is 16.1. The van der Waals surface area contributed by atoms with E-state index in [1.807, 2.05) is 6.26 Å². The molecule has 3 N–H and O–H groups in total. The van der Waals surface area contributed by atoms with Gasteiger partial charge in [-0.15, -0.1) is 0 Å². The van der Waals surface area contributed by atoms with Crippen molar-refractivity contribution in [1.82, 2.24) is 10.6 Å². The Morgan fingerprint density at radius 2 is 2.00 bits per heavy atom. The predicted octanol–water partition coefficient (Wildman–Crippen LogP) is 2.07. The van der Waals surface area contributed by atoms with Crippen LogP contribution in [0.3, 0.4) is 0 Å².